The number of aromatic amines is 1. The molecule has 1 atom stereocenters. The molecule has 3 rings (SSSR count). The Morgan fingerprint density at radius 2 is 2.16 bits per heavy atom. The van der Waals surface area contributed by atoms with Crippen LogP contribution < -0.4 is 10.6 Å². The van der Waals surface area contributed by atoms with Crippen molar-refractivity contribution in [1.29, 1.82) is 0 Å². The summed E-state index contributed by atoms with van der Waals surface area (Å²) in [5.41, 5.74) is 2.56. The van der Waals surface area contributed by atoms with E-state index in [9.17, 15) is 9.59 Å². The van der Waals surface area contributed by atoms with Gasteiger partial charge in [-0.3, -0.25) is 15.2 Å². The van der Waals surface area contributed by atoms with E-state index >= 15 is 0 Å². The summed E-state index contributed by atoms with van der Waals surface area (Å²) in [6.45, 7) is 1.94. The number of carbonyl (C=O) groups is 2. The minimum atomic E-state index is -0.788. The Kier molecular flexibility index (Phi) is 2.46. The lowest BCUT2D eigenvalue weighted by Crippen LogP contribution is -2.26. The van der Waals surface area contributed by atoms with Crippen LogP contribution in [0.3, 0.4) is 0 Å². The fraction of sp³-hybridized carbons (Fsp3) is 0.154. The van der Waals surface area contributed by atoms with Crippen molar-refractivity contribution in [1.82, 2.24) is 20.8 Å². The predicted molar refractivity (Wildman–Crippen MR) is 68.2 cm³/mol. The van der Waals surface area contributed by atoms with Crippen LogP contribution in [0.2, 0.25) is 0 Å². The monoisotopic (exact) mass is 254 g/mol. The maximum Gasteiger partial charge on any atom is 0.322 e. The molecule has 1 aromatic heterocycles. The van der Waals surface area contributed by atoms with Crippen LogP contribution in [-0.4, -0.2) is 28.2 Å². The minimum absolute atomic E-state index is 0.422. The number of hydrogen-bond acceptors (Lipinski definition) is 3. The highest BCUT2D eigenvalue weighted by atomic mass is 16.2. The molecule has 3 amide bonds. The fourth-order valence-electron chi connectivity index (χ4n) is 1.90. The first-order valence-electron chi connectivity index (χ1n) is 5.71. The Hall–Kier alpha value is -2.81. The van der Waals surface area contributed by atoms with E-state index in [1.54, 1.807) is 0 Å². The van der Waals surface area contributed by atoms with Crippen LogP contribution in [0.25, 0.3) is 10.9 Å². The lowest BCUT2D eigenvalue weighted by molar-refractivity contribution is -0.119. The first kappa shape index (κ1) is 11.3. The zero-order valence-electron chi connectivity index (χ0n) is 10.1. The molecule has 6 heteroatoms. The number of aromatic nitrogens is 2. The van der Waals surface area contributed by atoms with Gasteiger partial charge in [0.2, 0.25) is 0 Å². The molecule has 1 aliphatic heterocycles. The second-order valence-corrected chi connectivity index (χ2v) is 4.25. The number of urea groups is 1. The largest absolute Gasteiger partial charge is 0.322 e. The number of fused-ring (bicyclic) bond motifs is 1. The van der Waals surface area contributed by atoms with E-state index in [1.165, 1.54) is 0 Å². The van der Waals surface area contributed by atoms with Gasteiger partial charge in [0, 0.05) is 16.6 Å². The van der Waals surface area contributed by atoms with Crippen LogP contribution in [0.4, 0.5) is 4.79 Å². The molecule has 0 unspecified atom stereocenters. The third kappa shape index (κ3) is 2.02. The highest BCUT2D eigenvalue weighted by molar-refractivity contribution is 6.05. The number of imide groups is 1. The lowest BCUT2D eigenvalue weighted by atomic mass is 10.1. The molecular formula is C13H10N4O2. The summed E-state index contributed by atoms with van der Waals surface area (Å²) in [4.78, 5) is 22.2. The van der Waals surface area contributed by atoms with Crippen molar-refractivity contribution in [2.45, 2.75) is 13.0 Å². The van der Waals surface area contributed by atoms with Gasteiger partial charge in [-0.2, -0.15) is 5.10 Å². The number of nitrogens with zero attached hydrogens (tertiary/aromatic N) is 1. The minimum Gasteiger partial charge on any atom is -0.316 e. The molecule has 0 aliphatic carbocycles. The summed E-state index contributed by atoms with van der Waals surface area (Å²) in [5, 5.41) is 12.6. The van der Waals surface area contributed by atoms with Crippen LogP contribution >= 0.6 is 0 Å². The van der Waals surface area contributed by atoms with Gasteiger partial charge < -0.3 is 5.32 Å². The SMILES string of the molecule is Cc1[nH]nc2cc(C#C[C@@H]3NC(=O)NC3=O)ccc12. The molecule has 1 aliphatic rings. The molecule has 1 saturated heterocycles. The topological polar surface area (TPSA) is 86.9 Å². The first-order valence-corrected chi connectivity index (χ1v) is 5.71. The normalized spacial score (nSPS) is 17.8. The summed E-state index contributed by atoms with van der Waals surface area (Å²) in [5.74, 6) is 5.16. The second-order valence-electron chi connectivity index (χ2n) is 4.25. The number of rotatable bonds is 0. The molecule has 1 fully saturated rings. The molecule has 1 aromatic carbocycles. The lowest BCUT2D eigenvalue weighted by Gasteiger charge is -1.95. The third-order valence-corrected chi connectivity index (χ3v) is 2.88. The molecule has 19 heavy (non-hydrogen) atoms. The van der Waals surface area contributed by atoms with Gasteiger partial charge in [-0.15, -0.1) is 0 Å². The Balaban J connectivity index is 1.90. The number of hydrogen-bond donors (Lipinski definition) is 3. The smallest absolute Gasteiger partial charge is 0.316 e. The van der Waals surface area contributed by atoms with Crippen molar-refractivity contribution in [3.05, 3.63) is 29.5 Å². The summed E-state index contributed by atoms with van der Waals surface area (Å²) in [6, 6.07) is 4.31. The number of amides is 3. The van der Waals surface area contributed by atoms with Crippen molar-refractivity contribution >= 4 is 22.8 Å². The van der Waals surface area contributed by atoms with E-state index in [0.29, 0.717) is 0 Å². The Morgan fingerprint density at radius 1 is 1.32 bits per heavy atom. The summed E-state index contributed by atoms with van der Waals surface area (Å²) >= 11 is 0. The zero-order chi connectivity index (χ0) is 13.4. The van der Waals surface area contributed by atoms with E-state index in [1.807, 2.05) is 25.1 Å². The predicted octanol–water partition coefficient (Wildman–Crippen LogP) is 0.431. The average molecular weight is 254 g/mol. The molecule has 6 nitrogen and oxygen atoms in total. The maximum absolute atomic E-state index is 11.3. The van der Waals surface area contributed by atoms with E-state index in [2.05, 4.69) is 32.7 Å². The molecule has 0 saturated carbocycles. The van der Waals surface area contributed by atoms with E-state index < -0.39 is 18.0 Å². The van der Waals surface area contributed by atoms with E-state index in [0.717, 1.165) is 22.2 Å². The van der Waals surface area contributed by atoms with Gasteiger partial charge in [-0.25, -0.2) is 4.79 Å². The molecule has 0 radical (unpaired) electrons. The summed E-state index contributed by atoms with van der Waals surface area (Å²) in [6.07, 6.45) is 0. The van der Waals surface area contributed by atoms with Crippen molar-refractivity contribution in [3.8, 4) is 11.8 Å². The Labute approximate surface area is 108 Å². The zero-order valence-corrected chi connectivity index (χ0v) is 10.1. The first-order chi connectivity index (χ1) is 9.13. The van der Waals surface area contributed by atoms with Crippen molar-refractivity contribution in [3.63, 3.8) is 0 Å². The number of aryl methyl sites for hydroxylation is 1. The number of benzene rings is 1. The number of carbonyl (C=O) groups excluding carboxylic acids is 2. The molecule has 0 spiro atoms. The van der Waals surface area contributed by atoms with E-state index in [4.69, 9.17) is 0 Å². The molecule has 94 valence electrons. The molecule has 2 heterocycles. The number of H-pyrrole nitrogens is 1. The van der Waals surface area contributed by atoms with Gasteiger partial charge in [0.1, 0.15) is 0 Å². The van der Waals surface area contributed by atoms with Crippen LogP contribution in [0, 0.1) is 18.8 Å². The van der Waals surface area contributed by atoms with Crippen molar-refractivity contribution < 1.29 is 9.59 Å². The highest BCUT2D eigenvalue weighted by Crippen LogP contribution is 2.16. The summed E-state index contributed by atoms with van der Waals surface area (Å²) < 4.78 is 0. The third-order valence-electron chi connectivity index (χ3n) is 2.88. The Bertz CT molecular complexity index is 751. The maximum atomic E-state index is 11.3. The van der Waals surface area contributed by atoms with Gasteiger partial charge in [0.25, 0.3) is 5.91 Å². The van der Waals surface area contributed by atoms with Crippen LogP contribution in [0.15, 0.2) is 18.2 Å². The molecular weight excluding hydrogens is 244 g/mol. The highest BCUT2D eigenvalue weighted by Gasteiger charge is 2.27. The van der Waals surface area contributed by atoms with Crippen LogP contribution in [0.1, 0.15) is 11.3 Å². The van der Waals surface area contributed by atoms with E-state index in [-0.39, 0.29) is 0 Å². The molecule has 3 N–H and O–H groups in total. The van der Waals surface area contributed by atoms with Crippen molar-refractivity contribution in [2.75, 3.05) is 0 Å². The Morgan fingerprint density at radius 3 is 2.89 bits per heavy atom. The van der Waals surface area contributed by atoms with Gasteiger partial charge in [-0.1, -0.05) is 11.8 Å². The van der Waals surface area contributed by atoms with Gasteiger partial charge in [0.15, 0.2) is 6.04 Å². The van der Waals surface area contributed by atoms with Crippen LogP contribution in [-0.2, 0) is 4.79 Å². The fourth-order valence-corrected chi connectivity index (χ4v) is 1.90. The second kappa shape index (κ2) is 4.14. The average Bonchev–Trinajstić information content (AvgIpc) is 2.90. The van der Waals surface area contributed by atoms with Crippen molar-refractivity contribution in [2.24, 2.45) is 0 Å². The van der Waals surface area contributed by atoms with Gasteiger partial charge in [-0.05, 0) is 25.1 Å². The quantitative estimate of drug-likeness (QED) is 0.470. The van der Waals surface area contributed by atoms with Gasteiger partial charge >= 0.3 is 6.03 Å². The van der Waals surface area contributed by atoms with Gasteiger partial charge in [0.05, 0.1) is 5.52 Å². The standard InChI is InChI=1S/C13H10N4O2/c1-7-9-4-2-8(6-11(9)17-16-7)3-5-10-12(18)15-13(19)14-10/h2,4,6,10H,1H3,(H,16,17)(H2,14,15,18,19)/t10-/m0/s1. The molecule has 0 bridgehead atoms. The molecule has 2 aromatic rings. The summed E-state index contributed by atoms with van der Waals surface area (Å²) in [7, 11) is 0. The number of nitrogens with one attached hydrogen (secondary N) is 3. The van der Waals surface area contributed by atoms with Crippen LogP contribution in [0.5, 0.6) is 0 Å².